The predicted octanol–water partition coefficient (Wildman–Crippen LogP) is 4.87. The van der Waals surface area contributed by atoms with E-state index in [1.165, 1.54) is 18.2 Å². The third-order valence-electron chi connectivity index (χ3n) is 4.05. The zero-order chi connectivity index (χ0) is 19.2. The summed E-state index contributed by atoms with van der Waals surface area (Å²) in [6, 6.07) is 20.4. The lowest BCUT2D eigenvalue weighted by Gasteiger charge is -2.13. The first-order valence-corrected chi connectivity index (χ1v) is 8.40. The number of nitrogens with one attached hydrogen (secondary N) is 1. The molecule has 0 saturated heterocycles. The van der Waals surface area contributed by atoms with Gasteiger partial charge in [0, 0.05) is 11.6 Å². The minimum absolute atomic E-state index is 0.0576. The molecule has 0 aliphatic carbocycles. The van der Waals surface area contributed by atoms with Crippen molar-refractivity contribution in [2.75, 3.05) is 0 Å². The van der Waals surface area contributed by atoms with Gasteiger partial charge in [-0.2, -0.15) is 5.26 Å². The van der Waals surface area contributed by atoms with Crippen molar-refractivity contribution < 1.29 is 13.6 Å². The summed E-state index contributed by atoms with van der Waals surface area (Å²) in [5, 5.41) is 12.1. The highest BCUT2D eigenvalue weighted by Crippen LogP contribution is 2.24. The molecule has 0 saturated carbocycles. The Morgan fingerprint density at radius 3 is 2.48 bits per heavy atom. The molecule has 0 fully saturated rings. The molecule has 0 unspecified atom stereocenters. The fourth-order valence-electron chi connectivity index (χ4n) is 2.59. The average molecular weight is 360 g/mol. The third-order valence-corrected chi connectivity index (χ3v) is 4.05. The molecule has 27 heavy (non-hydrogen) atoms. The van der Waals surface area contributed by atoms with Crippen molar-refractivity contribution in [3.63, 3.8) is 0 Å². The molecular weight excluding hydrogens is 343 g/mol. The van der Waals surface area contributed by atoms with E-state index in [4.69, 9.17) is 4.42 Å². The number of carbonyl (C=O) groups excluding carboxylic acids is 1. The van der Waals surface area contributed by atoms with Crippen molar-refractivity contribution in [2.45, 2.75) is 13.0 Å². The SMILES string of the molecule is C[C@@H](NC(=O)/C(C#N)=C/c1ccc(-c2ccc(F)cc2)o1)c1ccccc1. The van der Waals surface area contributed by atoms with Crippen LogP contribution in [0.3, 0.4) is 0 Å². The highest BCUT2D eigenvalue weighted by atomic mass is 19.1. The van der Waals surface area contributed by atoms with Gasteiger partial charge in [0.2, 0.25) is 0 Å². The summed E-state index contributed by atoms with van der Waals surface area (Å²) < 4.78 is 18.7. The Hall–Kier alpha value is -3.65. The van der Waals surface area contributed by atoms with Crippen LogP contribution in [0.15, 0.2) is 76.7 Å². The quantitative estimate of drug-likeness (QED) is 0.521. The van der Waals surface area contributed by atoms with Gasteiger partial charge in [0.1, 0.15) is 29.0 Å². The van der Waals surface area contributed by atoms with Crippen LogP contribution in [0.2, 0.25) is 0 Å². The van der Waals surface area contributed by atoms with E-state index in [0.717, 1.165) is 5.56 Å². The van der Waals surface area contributed by atoms with Gasteiger partial charge < -0.3 is 9.73 Å². The molecule has 0 radical (unpaired) electrons. The lowest BCUT2D eigenvalue weighted by Crippen LogP contribution is -2.27. The second-order valence-electron chi connectivity index (χ2n) is 5.98. The summed E-state index contributed by atoms with van der Waals surface area (Å²) in [5.74, 6) is 0.0833. The molecule has 3 rings (SSSR count). The minimum atomic E-state index is -0.478. The van der Waals surface area contributed by atoms with E-state index in [1.54, 1.807) is 24.3 Å². The molecule has 3 aromatic rings. The van der Waals surface area contributed by atoms with E-state index in [2.05, 4.69) is 5.32 Å². The largest absolute Gasteiger partial charge is 0.457 e. The second kappa shape index (κ2) is 8.15. The van der Waals surface area contributed by atoms with Crippen LogP contribution < -0.4 is 5.32 Å². The molecule has 4 nitrogen and oxygen atoms in total. The first kappa shape index (κ1) is 18.2. The van der Waals surface area contributed by atoms with Crippen LogP contribution in [0.25, 0.3) is 17.4 Å². The molecule has 1 heterocycles. The summed E-state index contributed by atoms with van der Waals surface area (Å²) in [4.78, 5) is 12.4. The topological polar surface area (TPSA) is 66.0 Å². The standard InChI is InChI=1S/C22H17FN2O2/c1-15(16-5-3-2-4-6-16)25-22(26)18(14-24)13-20-11-12-21(27-20)17-7-9-19(23)10-8-17/h2-13,15H,1H3,(H,25,26)/b18-13+/t15-/m1/s1. The van der Waals surface area contributed by atoms with E-state index in [9.17, 15) is 14.4 Å². The fourth-order valence-corrected chi connectivity index (χ4v) is 2.59. The van der Waals surface area contributed by atoms with Crippen molar-refractivity contribution >= 4 is 12.0 Å². The number of benzene rings is 2. The first-order valence-electron chi connectivity index (χ1n) is 8.40. The summed E-state index contributed by atoms with van der Waals surface area (Å²) in [6.07, 6.45) is 1.39. The lowest BCUT2D eigenvalue weighted by molar-refractivity contribution is -0.117. The van der Waals surface area contributed by atoms with Crippen LogP contribution in [0.1, 0.15) is 24.3 Å². The van der Waals surface area contributed by atoms with Crippen molar-refractivity contribution in [1.82, 2.24) is 5.32 Å². The molecule has 0 spiro atoms. The normalized spacial score (nSPS) is 12.3. The van der Waals surface area contributed by atoms with Crippen LogP contribution in [0.5, 0.6) is 0 Å². The number of carbonyl (C=O) groups is 1. The van der Waals surface area contributed by atoms with E-state index >= 15 is 0 Å². The van der Waals surface area contributed by atoms with Gasteiger partial charge >= 0.3 is 0 Å². The van der Waals surface area contributed by atoms with E-state index in [-0.39, 0.29) is 17.4 Å². The number of halogens is 1. The molecule has 5 heteroatoms. The average Bonchev–Trinajstić information content (AvgIpc) is 3.16. The predicted molar refractivity (Wildman–Crippen MR) is 101 cm³/mol. The van der Waals surface area contributed by atoms with Gasteiger partial charge in [0.15, 0.2) is 0 Å². The Balaban J connectivity index is 1.75. The third kappa shape index (κ3) is 4.50. The summed E-state index contributed by atoms with van der Waals surface area (Å²) in [5.41, 5.74) is 1.59. The minimum Gasteiger partial charge on any atom is -0.457 e. The number of amides is 1. The Bertz CT molecular complexity index is 999. The van der Waals surface area contributed by atoms with Crippen molar-refractivity contribution in [1.29, 1.82) is 5.26 Å². The Morgan fingerprint density at radius 1 is 1.11 bits per heavy atom. The van der Waals surface area contributed by atoms with E-state index in [0.29, 0.717) is 17.1 Å². The van der Waals surface area contributed by atoms with Crippen LogP contribution in [0, 0.1) is 17.1 Å². The Morgan fingerprint density at radius 2 is 1.81 bits per heavy atom. The summed E-state index contributed by atoms with van der Waals surface area (Å²) >= 11 is 0. The number of rotatable bonds is 5. The number of nitriles is 1. The van der Waals surface area contributed by atoms with Gasteiger partial charge in [-0.05, 0) is 48.9 Å². The Kier molecular flexibility index (Phi) is 5.48. The maximum absolute atomic E-state index is 13.0. The number of nitrogens with zero attached hydrogens (tertiary/aromatic N) is 1. The fraction of sp³-hybridized carbons (Fsp3) is 0.0909. The molecule has 1 atom stereocenters. The first-order chi connectivity index (χ1) is 13.1. The van der Waals surface area contributed by atoms with E-state index < -0.39 is 5.91 Å². The number of furan rings is 1. The molecule has 0 bridgehead atoms. The van der Waals surface area contributed by atoms with Crippen molar-refractivity contribution in [2.24, 2.45) is 0 Å². The smallest absolute Gasteiger partial charge is 0.262 e. The molecular formula is C22H17FN2O2. The maximum Gasteiger partial charge on any atom is 0.262 e. The Labute approximate surface area is 156 Å². The molecule has 1 aromatic heterocycles. The van der Waals surface area contributed by atoms with Crippen LogP contribution in [0.4, 0.5) is 4.39 Å². The zero-order valence-electron chi connectivity index (χ0n) is 14.6. The van der Waals surface area contributed by atoms with Crippen LogP contribution in [-0.4, -0.2) is 5.91 Å². The number of hydrogen-bond acceptors (Lipinski definition) is 3. The van der Waals surface area contributed by atoms with Gasteiger partial charge in [-0.1, -0.05) is 30.3 Å². The van der Waals surface area contributed by atoms with Gasteiger partial charge in [-0.3, -0.25) is 4.79 Å². The molecule has 1 amide bonds. The summed E-state index contributed by atoms with van der Waals surface area (Å²) in [6.45, 7) is 1.85. The molecule has 0 aliphatic rings. The molecule has 134 valence electrons. The maximum atomic E-state index is 13.0. The van der Waals surface area contributed by atoms with Crippen molar-refractivity contribution in [3.05, 3.63) is 89.4 Å². The zero-order valence-corrected chi connectivity index (χ0v) is 14.6. The number of hydrogen-bond donors (Lipinski definition) is 1. The highest BCUT2D eigenvalue weighted by Gasteiger charge is 2.14. The summed E-state index contributed by atoms with van der Waals surface area (Å²) in [7, 11) is 0. The molecule has 0 aliphatic heterocycles. The molecule has 2 aromatic carbocycles. The lowest BCUT2D eigenvalue weighted by atomic mass is 10.1. The van der Waals surface area contributed by atoms with Gasteiger partial charge in [-0.15, -0.1) is 0 Å². The molecule has 1 N–H and O–H groups in total. The van der Waals surface area contributed by atoms with Crippen LogP contribution >= 0.6 is 0 Å². The second-order valence-corrected chi connectivity index (χ2v) is 5.98. The van der Waals surface area contributed by atoms with Gasteiger partial charge in [0.25, 0.3) is 5.91 Å². The van der Waals surface area contributed by atoms with Gasteiger partial charge in [-0.25, -0.2) is 4.39 Å². The monoisotopic (exact) mass is 360 g/mol. The van der Waals surface area contributed by atoms with Crippen LogP contribution in [-0.2, 0) is 4.79 Å². The van der Waals surface area contributed by atoms with Crippen molar-refractivity contribution in [3.8, 4) is 17.4 Å². The van der Waals surface area contributed by atoms with E-state index in [1.807, 2.05) is 43.3 Å². The van der Waals surface area contributed by atoms with Gasteiger partial charge in [0.05, 0.1) is 6.04 Å². The highest BCUT2D eigenvalue weighted by molar-refractivity contribution is 6.01.